The normalized spacial score (nSPS) is 8.38. The molecule has 0 amide bonds. The average Bonchev–Trinajstić information content (AvgIpc) is 2.50. The van der Waals surface area contributed by atoms with Gasteiger partial charge in [0.05, 0.1) is 0 Å². The zero-order chi connectivity index (χ0) is 15.6. The summed E-state index contributed by atoms with van der Waals surface area (Å²) in [6, 6.07) is 10.5. The van der Waals surface area contributed by atoms with Crippen molar-refractivity contribution in [2.24, 2.45) is 0 Å². The second-order valence-corrected chi connectivity index (χ2v) is 4.40. The molecule has 1 aromatic rings. The summed E-state index contributed by atoms with van der Waals surface area (Å²) in [5, 5.41) is 16.5. The van der Waals surface area contributed by atoms with Gasteiger partial charge in [0.1, 0.15) is 0 Å². The van der Waals surface area contributed by atoms with Crippen molar-refractivity contribution in [3.05, 3.63) is 35.9 Å². The average molecular weight is 482 g/mol. The van der Waals surface area contributed by atoms with Gasteiger partial charge in [0, 0.05) is 6.42 Å². The Kier molecular flexibility index (Phi) is 26.6. The fraction of sp³-hybridized carbons (Fsp3) is 0.588. The molecule has 1 rings (SSSR count). The summed E-state index contributed by atoms with van der Waals surface area (Å²) in [5.74, 6) is -0.670. The van der Waals surface area contributed by atoms with E-state index in [1.54, 1.807) is 0 Å². The molecule has 1 N–H and O–H groups in total. The van der Waals surface area contributed by atoms with Gasteiger partial charge >= 0.3 is 33.6 Å². The molecule has 0 unspecified atom stereocenters. The van der Waals surface area contributed by atoms with Crippen molar-refractivity contribution in [2.75, 3.05) is 7.11 Å². The maximum Gasteiger partial charge on any atom is 1.00 e. The molecular formula is C17H29HgO3. The van der Waals surface area contributed by atoms with Crippen LogP contribution in [0.4, 0.5) is 0 Å². The molecule has 0 aliphatic carbocycles. The summed E-state index contributed by atoms with van der Waals surface area (Å²) in [7, 11) is 0.750. The van der Waals surface area contributed by atoms with Gasteiger partial charge in [-0.15, -0.1) is 0 Å². The molecule has 1 radical (unpaired) electrons. The smallest absolute Gasteiger partial charge is 0.857 e. The minimum absolute atomic E-state index is 0. The van der Waals surface area contributed by atoms with Crippen LogP contribution in [0.1, 0.15) is 57.9 Å². The molecule has 0 saturated heterocycles. The number of aryl methyl sites for hydroxylation is 1. The number of carbonyl (C=O) groups is 1. The second kappa shape index (κ2) is 21.9. The third kappa shape index (κ3) is 22.0. The number of rotatable bonds is 7. The van der Waals surface area contributed by atoms with E-state index in [4.69, 9.17) is 10.2 Å². The number of benzene rings is 1. The second-order valence-electron chi connectivity index (χ2n) is 4.40. The Bertz CT molecular complexity index is 302. The molecule has 0 aliphatic heterocycles. The monoisotopic (exact) mass is 483 g/mol. The Hall–Kier alpha value is -0.415. The molecule has 0 aliphatic rings. The van der Waals surface area contributed by atoms with Crippen molar-refractivity contribution < 1.29 is 42.7 Å². The standard InChI is InChI=1S/C8H16O2.C8H10.CH3O.Hg/c1-2-3-4-5-6-7-8(9)10;1-2-8-6-4-3-5-7-8;1-2;/h2-7H2,1H3,(H,9,10);3-7H,2H2,1H3;1H3;/q;;-1;+1. The van der Waals surface area contributed by atoms with Gasteiger partial charge in [-0.05, 0) is 18.4 Å². The molecule has 0 bridgehead atoms. The van der Waals surface area contributed by atoms with Crippen molar-refractivity contribution in [3.63, 3.8) is 0 Å². The molecule has 117 valence electrons. The Morgan fingerprint density at radius 1 is 1.00 bits per heavy atom. The van der Waals surface area contributed by atoms with Gasteiger partial charge in [-0.2, -0.15) is 7.11 Å². The van der Waals surface area contributed by atoms with Crippen LogP contribution in [0.2, 0.25) is 0 Å². The van der Waals surface area contributed by atoms with E-state index in [2.05, 4.69) is 38.1 Å². The number of carboxylic acid groups (broad SMARTS) is 1. The quantitative estimate of drug-likeness (QED) is 0.477. The number of aliphatic carboxylic acids is 1. The van der Waals surface area contributed by atoms with Crippen LogP contribution < -0.4 is 5.11 Å². The Morgan fingerprint density at radius 2 is 1.52 bits per heavy atom. The van der Waals surface area contributed by atoms with E-state index >= 15 is 0 Å². The minimum atomic E-state index is -0.670. The predicted octanol–water partition coefficient (Wildman–Crippen LogP) is 3.65. The van der Waals surface area contributed by atoms with Gasteiger partial charge in [0.2, 0.25) is 0 Å². The molecule has 0 saturated carbocycles. The molecule has 21 heavy (non-hydrogen) atoms. The third-order valence-electron chi connectivity index (χ3n) is 2.75. The van der Waals surface area contributed by atoms with Crippen LogP contribution in [0.3, 0.4) is 0 Å². The van der Waals surface area contributed by atoms with Crippen molar-refractivity contribution in [2.45, 2.75) is 58.8 Å². The van der Waals surface area contributed by atoms with Crippen LogP contribution in [0.5, 0.6) is 0 Å². The van der Waals surface area contributed by atoms with Gasteiger partial charge in [-0.3, -0.25) is 4.79 Å². The molecule has 0 heterocycles. The first-order valence-corrected chi connectivity index (χ1v) is 7.37. The van der Waals surface area contributed by atoms with E-state index in [-0.39, 0.29) is 27.7 Å². The van der Waals surface area contributed by atoms with Gasteiger partial charge in [-0.25, -0.2) is 0 Å². The molecule has 0 aromatic heterocycles. The summed E-state index contributed by atoms with van der Waals surface area (Å²) < 4.78 is 0. The summed E-state index contributed by atoms with van der Waals surface area (Å²) in [5.41, 5.74) is 1.41. The van der Waals surface area contributed by atoms with E-state index in [0.29, 0.717) is 6.42 Å². The zero-order valence-corrected chi connectivity index (χ0v) is 19.3. The predicted molar refractivity (Wildman–Crippen MR) is 82.8 cm³/mol. The zero-order valence-electron chi connectivity index (χ0n) is 13.8. The summed E-state index contributed by atoms with van der Waals surface area (Å²) in [6.07, 6.45) is 7.02. The first kappa shape index (κ1) is 25.5. The van der Waals surface area contributed by atoms with Crippen LogP contribution in [0.25, 0.3) is 0 Å². The van der Waals surface area contributed by atoms with Crippen LogP contribution >= 0.6 is 0 Å². The van der Waals surface area contributed by atoms with Crippen molar-refractivity contribution in [1.82, 2.24) is 0 Å². The molecule has 3 nitrogen and oxygen atoms in total. The summed E-state index contributed by atoms with van der Waals surface area (Å²) in [6.45, 7) is 4.31. The SMILES string of the molecule is CCCCCCCC(=O)O.CCc1ccccc1.C[O-].[Hg+]. The van der Waals surface area contributed by atoms with Gasteiger partial charge in [0.15, 0.2) is 0 Å². The molecule has 0 atom stereocenters. The van der Waals surface area contributed by atoms with E-state index < -0.39 is 5.97 Å². The van der Waals surface area contributed by atoms with Crippen LogP contribution in [0, 0.1) is 0 Å². The van der Waals surface area contributed by atoms with E-state index in [9.17, 15) is 4.79 Å². The third-order valence-corrected chi connectivity index (χ3v) is 2.75. The fourth-order valence-corrected chi connectivity index (χ4v) is 1.59. The first-order valence-electron chi connectivity index (χ1n) is 7.37. The van der Waals surface area contributed by atoms with Crippen LogP contribution in [0.15, 0.2) is 30.3 Å². The van der Waals surface area contributed by atoms with Crippen LogP contribution in [-0.2, 0) is 38.9 Å². The molecule has 4 heteroatoms. The largest absolute Gasteiger partial charge is 1.00 e. The fourth-order valence-electron chi connectivity index (χ4n) is 1.59. The Labute approximate surface area is 150 Å². The number of hydrogen-bond donors (Lipinski definition) is 1. The topological polar surface area (TPSA) is 60.4 Å². The molecule has 0 fully saturated rings. The maximum absolute atomic E-state index is 10.0. The van der Waals surface area contributed by atoms with E-state index in [0.717, 1.165) is 26.4 Å². The van der Waals surface area contributed by atoms with Gasteiger partial charge in [-0.1, -0.05) is 69.9 Å². The van der Waals surface area contributed by atoms with E-state index in [1.807, 2.05) is 6.07 Å². The van der Waals surface area contributed by atoms with Gasteiger partial charge < -0.3 is 10.2 Å². The molecular weight excluding hydrogens is 453 g/mol. The molecule has 0 spiro atoms. The Balaban J connectivity index is -0.000000268. The van der Waals surface area contributed by atoms with Crippen molar-refractivity contribution in [1.29, 1.82) is 0 Å². The van der Waals surface area contributed by atoms with Crippen molar-refractivity contribution >= 4 is 5.97 Å². The van der Waals surface area contributed by atoms with Crippen LogP contribution in [-0.4, -0.2) is 18.2 Å². The molecule has 1 aromatic carbocycles. The summed E-state index contributed by atoms with van der Waals surface area (Å²) in [4.78, 5) is 10.0. The maximum atomic E-state index is 10.0. The minimum Gasteiger partial charge on any atom is -0.857 e. The number of carboxylic acids is 1. The van der Waals surface area contributed by atoms with Crippen molar-refractivity contribution in [3.8, 4) is 0 Å². The first-order chi connectivity index (χ1) is 9.70. The summed E-state index contributed by atoms with van der Waals surface area (Å²) >= 11 is 0. The number of unbranched alkanes of at least 4 members (excludes halogenated alkanes) is 4. The number of hydrogen-bond acceptors (Lipinski definition) is 2. The van der Waals surface area contributed by atoms with Gasteiger partial charge in [0.25, 0.3) is 0 Å². The Morgan fingerprint density at radius 3 is 1.90 bits per heavy atom. The van der Waals surface area contributed by atoms with E-state index in [1.165, 1.54) is 24.8 Å².